The molecule has 248 valence electrons. The van der Waals surface area contributed by atoms with Crippen molar-refractivity contribution in [2.24, 2.45) is 0 Å². The van der Waals surface area contributed by atoms with E-state index in [0.717, 1.165) is 92.2 Å². The second-order valence-corrected chi connectivity index (χ2v) is 13.4. The minimum Gasteiger partial charge on any atom is -0.481 e. The molecular formula is C38H52N4O4. The molecule has 7 rings (SSSR count). The molecule has 0 radical (unpaired) electrons. The van der Waals surface area contributed by atoms with E-state index in [1.165, 1.54) is 16.7 Å². The number of aliphatic hydroxyl groups is 1. The summed E-state index contributed by atoms with van der Waals surface area (Å²) in [5, 5.41) is 23.3. The zero-order valence-corrected chi connectivity index (χ0v) is 28.8. The number of carboxylic acids is 1. The molecule has 3 aliphatic heterocycles. The average Bonchev–Trinajstić information content (AvgIpc) is 3.43. The zero-order chi connectivity index (χ0) is 33.5. The first-order chi connectivity index (χ1) is 21.9. The quantitative estimate of drug-likeness (QED) is 0.233. The van der Waals surface area contributed by atoms with E-state index >= 15 is 0 Å². The third-order valence-electron chi connectivity index (χ3n) is 8.36. The lowest BCUT2D eigenvalue weighted by atomic mass is 9.92. The van der Waals surface area contributed by atoms with Crippen molar-refractivity contribution in [1.29, 1.82) is 0 Å². The van der Waals surface area contributed by atoms with Crippen molar-refractivity contribution >= 4 is 17.4 Å². The van der Waals surface area contributed by atoms with Crippen molar-refractivity contribution in [2.75, 3.05) is 24.6 Å². The molecule has 0 atom stereocenters. The molecule has 0 saturated carbocycles. The van der Waals surface area contributed by atoms with Gasteiger partial charge in [0, 0.05) is 42.6 Å². The van der Waals surface area contributed by atoms with Crippen LogP contribution in [0, 0.1) is 6.92 Å². The lowest BCUT2D eigenvalue weighted by Crippen LogP contribution is -2.45. The number of ether oxygens (including phenoxy) is 1. The number of aryl methyl sites for hydroxylation is 2. The van der Waals surface area contributed by atoms with Crippen LogP contribution in [0.2, 0.25) is 0 Å². The fraction of sp³-hybridized carbons (Fsp3) is 0.500. The van der Waals surface area contributed by atoms with Crippen molar-refractivity contribution in [3.8, 4) is 22.4 Å². The minimum absolute atomic E-state index is 0.0875. The van der Waals surface area contributed by atoms with Gasteiger partial charge in [-0.05, 0) is 89.5 Å². The van der Waals surface area contributed by atoms with Crippen LogP contribution in [0.1, 0.15) is 90.5 Å². The lowest BCUT2D eigenvalue weighted by Gasteiger charge is -2.41. The fourth-order valence-corrected chi connectivity index (χ4v) is 6.07. The Balaban J connectivity index is 0.000000628. The van der Waals surface area contributed by atoms with Crippen LogP contribution in [0.15, 0.2) is 54.6 Å². The van der Waals surface area contributed by atoms with Crippen molar-refractivity contribution < 1.29 is 19.7 Å². The maximum atomic E-state index is 11.9. The Bertz CT molecular complexity index is 1610. The number of fused-ring (bicyclic) bond motifs is 7. The van der Waals surface area contributed by atoms with Gasteiger partial charge < -0.3 is 19.8 Å². The van der Waals surface area contributed by atoms with Crippen LogP contribution < -0.4 is 4.90 Å². The van der Waals surface area contributed by atoms with Crippen LogP contribution in [-0.2, 0) is 22.4 Å². The van der Waals surface area contributed by atoms with E-state index in [4.69, 9.17) is 19.9 Å². The number of piperidine rings is 1. The first kappa shape index (κ1) is 35.1. The largest absolute Gasteiger partial charge is 0.481 e. The molecule has 1 saturated heterocycles. The molecule has 5 heterocycles. The van der Waals surface area contributed by atoms with Crippen LogP contribution in [0.25, 0.3) is 28.0 Å². The maximum absolute atomic E-state index is 11.9. The van der Waals surface area contributed by atoms with Gasteiger partial charge in [0.1, 0.15) is 5.82 Å². The number of aromatic nitrogens is 3. The predicted molar refractivity (Wildman–Crippen MR) is 187 cm³/mol. The molecular weight excluding hydrogens is 576 g/mol. The predicted octanol–water partition coefficient (Wildman–Crippen LogP) is 7.90. The van der Waals surface area contributed by atoms with E-state index in [9.17, 15) is 9.90 Å². The van der Waals surface area contributed by atoms with Crippen molar-refractivity contribution in [1.82, 2.24) is 14.6 Å². The molecule has 4 aromatic rings. The van der Waals surface area contributed by atoms with Gasteiger partial charge in [-0.1, -0.05) is 62.7 Å². The molecule has 6 bridgehead atoms. The third kappa shape index (κ3) is 8.95. The highest BCUT2D eigenvalue weighted by Crippen LogP contribution is 2.35. The van der Waals surface area contributed by atoms with Crippen LogP contribution in [-0.4, -0.2) is 61.7 Å². The van der Waals surface area contributed by atoms with Gasteiger partial charge in [0.25, 0.3) is 0 Å². The number of anilines is 1. The van der Waals surface area contributed by atoms with Gasteiger partial charge in [-0.3, -0.25) is 4.79 Å². The molecule has 0 aliphatic carbocycles. The van der Waals surface area contributed by atoms with E-state index in [-0.39, 0.29) is 12.0 Å². The van der Waals surface area contributed by atoms with Gasteiger partial charge in [0.15, 0.2) is 5.65 Å². The van der Waals surface area contributed by atoms with E-state index in [1.807, 2.05) is 31.4 Å². The number of benzene rings is 2. The smallest absolute Gasteiger partial charge is 0.308 e. The first-order valence-electron chi connectivity index (χ1n) is 16.8. The Hall–Kier alpha value is -3.75. The summed E-state index contributed by atoms with van der Waals surface area (Å²) in [5.41, 5.74) is 7.17. The highest BCUT2D eigenvalue weighted by atomic mass is 16.5. The standard InChI is InChI=1S/C32H36N4O3.C4H10O.C2H6/c1-22-27(20-30(37)38)31-35-16-14-32(2,15-17-35)39-18-7-3-4-9-23-10-5-6-13-26(23)24-11-8-12-25(19-24)28-21-29(33-22)36(31)34-28;1-4(2,3)5;1-2/h5-6,8,10-13,19,21H,3-4,7,9,14-18,20H2,1-2H3,(H,37,38);5H,1-3H3;1-2H3. The number of hydrogen-bond donors (Lipinski definition) is 2. The Labute approximate surface area is 274 Å². The number of carboxylic acid groups (broad SMARTS) is 1. The lowest BCUT2D eigenvalue weighted by molar-refractivity contribution is -0.136. The molecule has 2 N–H and O–H groups in total. The molecule has 2 aromatic heterocycles. The SMILES string of the molecule is CC.CC(C)(C)O.Cc1nc2cc3nn2c(c1CC(=O)O)N1CCC(C)(CC1)OCCCCCc1ccccc1-c1cccc-3c1. The maximum Gasteiger partial charge on any atom is 0.308 e. The summed E-state index contributed by atoms with van der Waals surface area (Å²) >= 11 is 0. The van der Waals surface area contributed by atoms with Crippen LogP contribution in [0.3, 0.4) is 0 Å². The van der Waals surface area contributed by atoms with E-state index in [0.29, 0.717) is 0 Å². The zero-order valence-electron chi connectivity index (χ0n) is 28.8. The molecule has 1 fully saturated rings. The van der Waals surface area contributed by atoms with E-state index in [2.05, 4.69) is 60.4 Å². The number of rotatable bonds is 2. The molecule has 0 spiro atoms. The summed E-state index contributed by atoms with van der Waals surface area (Å²) in [5.74, 6) is -0.0254. The summed E-state index contributed by atoms with van der Waals surface area (Å²) < 4.78 is 8.31. The van der Waals surface area contributed by atoms with Crippen molar-refractivity contribution in [3.05, 3.63) is 71.4 Å². The van der Waals surface area contributed by atoms with Crippen LogP contribution >= 0.6 is 0 Å². The Morgan fingerprint density at radius 3 is 2.35 bits per heavy atom. The summed E-state index contributed by atoms with van der Waals surface area (Å²) in [7, 11) is 0. The highest BCUT2D eigenvalue weighted by molar-refractivity contribution is 5.77. The van der Waals surface area contributed by atoms with Gasteiger partial charge in [0.2, 0.25) is 0 Å². The van der Waals surface area contributed by atoms with Gasteiger partial charge >= 0.3 is 5.97 Å². The summed E-state index contributed by atoms with van der Waals surface area (Å²) in [4.78, 5) is 19.0. The molecule has 2 aromatic carbocycles. The Morgan fingerprint density at radius 1 is 0.978 bits per heavy atom. The van der Waals surface area contributed by atoms with Crippen molar-refractivity contribution in [3.63, 3.8) is 0 Å². The molecule has 8 heteroatoms. The number of nitrogens with zero attached hydrogens (tertiary/aromatic N) is 4. The molecule has 8 nitrogen and oxygen atoms in total. The van der Waals surface area contributed by atoms with Crippen LogP contribution in [0.5, 0.6) is 0 Å². The van der Waals surface area contributed by atoms with Gasteiger partial charge in [-0.15, -0.1) is 0 Å². The second kappa shape index (κ2) is 15.2. The normalized spacial score (nSPS) is 16.2. The van der Waals surface area contributed by atoms with Crippen molar-refractivity contribution in [2.45, 2.75) is 105 Å². The summed E-state index contributed by atoms with van der Waals surface area (Å²) in [6.07, 6.45) is 6.05. The van der Waals surface area contributed by atoms with Gasteiger partial charge in [0.05, 0.1) is 23.3 Å². The summed E-state index contributed by atoms with van der Waals surface area (Å²) in [6, 6.07) is 19.2. The number of hydrogen-bond acceptors (Lipinski definition) is 6. The molecule has 46 heavy (non-hydrogen) atoms. The Kier molecular flexibility index (Phi) is 11.6. The summed E-state index contributed by atoms with van der Waals surface area (Å²) in [6.45, 7) is 15.7. The molecule has 0 unspecified atom stereocenters. The third-order valence-corrected chi connectivity index (χ3v) is 8.36. The highest BCUT2D eigenvalue weighted by Gasteiger charge is 2.33. The minimum atomic E-state index is -0.866. The van der Waals surface area contributed by atoms with E-state index in [1.54, 1.807) is 20.8 Å². The monoisotopic (exact) mass is 628 g/mol. The Morgan fingerprint density at radius 2 is 1.65 bits per heavy atom. The fourth-order valence-electron chi connectivity index (χ4n) is 6.07. The second-order valence-electron chi connectivity index (χ2n) is 13.4. The van der Waals surface area contributed by atoms with Gasteiger partial charge in [-0.25, -0.2) is 4.98 Å². The first-order valence-corrected chi connectivity index (χ1v) is 16.8. The molecule has 0 amide bonds. The van der Waals surface area contributed by atoms with Gasteiger partial charge in [-0.2, -0.15) is 9.61 Å². The van der Waals surface area contributed by atoms with Crippen LogP contribution in [0.4, 0.5) is 5.82 Å². The number of carbonyl (C=O) groups is 1. The average molecular weight is 629 g/mol. The topological polar surface area (TPSA) is 100 Å². The van der Waals surface area contributed by atoms with E-state index < -0.39 is 11.6 Å². The molecule has 3 aliphatic rings. The number of aliphatic carboxylic acids is 1.